The Bertz CT molecular complexity index is 1350. The van der Waals surface area contributed by atoms with Crippen molar-refractivity contribution in [1.29, 1.82) is 0 Å². The molecule has 1 aromatic heterocycles. The third-order valence-electron chi connectivity index (χ3n) is 4.67. The summed E-state index contributed by atoms with van der Waals surface area (Å²) in [6.45, 7) is 1.82. The van der Waals surface area contributed by atoms with Gasteiger partial charge < -0.3 is 4.98 Å². The minimum absolute atomic E-state index is 0.0214. The van der Waals surface area contributed by atoms with Crippen molar-refractivity contribution in [1.82, 2.24) is 14.7 Å². The number of aryl methyl sites for hydroxylation is 1. The van der Waals surface area contributed by atoms with E-state index < -0.39 is 15.9 Å². The summed E-state index contributed by atoms with van der Waals surface area (Å²) in [5.74, 6) is -0.0201. The van der Waals surface area contributed by atoms with Crippen molar-refractivity contribution in [2.24, 2.45) is 0 Å². The van der Waals surface area contributed by atoms with Crippen molar-refractivity contribution in [3.8, 4) is 0 Å². The third-order valence-corrected chi connectivity index (χ3v) is 6.38. The fourth-order valence-electron chi connectivity index (χ4n) is 3.26. The molecule has 8 heteroatoms. The zero-order valence-electron chi connectivity index (χ0n) is 16.0. The highest BCUT2D eigenvalue weighted by atomic mass is 35.5. The Balaban J connectivity index is 1.73. The molecule has 0 aliphatic heterocycles. The molecule has 4 rings (SSSR count). The van der Waals surface area contributed by atoms with E-state index in [1.165, 1.54) is 12.1 Å². The Labute approximate surface area is 179 Å². The van der Waals surface area contributed by atoms with Gasteiger partial charge in [0.25, 0.3) is 15.9 Å². The highest BCUT2D eigenvalue weighted by Crippen LogP contribution is 2.25. The van der Waals surface area contributed by atoms with E-state index in [0.717, 1.165) is 16.6 Å². The van der Waals surface area contributed by atoms with Gasteiger partial charge in [0.2, 0.25) is 0 Å². The zero-order valence-corrected chi connectivity index (χ0v) is 17.6. The molecule has 0 radical (unpaired) electrons. The van der Waals surface area contributed by atoms with Crippen LogP contribution in [0.1, 0.15) is 27.3 Å². The number of rotatable bonds is 5. The second-order valence-corrected chi connectivity index (χ2v) is 8.96. The monoisotopic (exact) mass is 439 g/mol. The fraction of sp³-hybridized carbons (Fsp3) is 0.0909. The predicted molar refractivity (Wildman–Crippen MR) is 116 cm³/mol. The van der Waals surface area contributed by atoms with Crippen molar-refractivity contribution < 1.29 is 13.2 Å². The number of nitrogens with zero attached hydrogens (tertiary/aromatic N) is 1. The smallest absolute Gasteiger partial charge is 0.265 e. The Morgan fingerprint density at radius 2 is 1.73 bits per heavy atom. The Morgan fingerprint density at radius 3 is 2.47 bits per heavy atom. The minimum atomic E-state index is -3.98. The number of hydrogen-bond acceptors (Lipinski definition) is 4. The van der Waals surface area contributed by atoms with Gasteiger partial charge in [-0.15, -0.1) is 0 Å². The second kappa shape index (κ2) is 7.93. The quantitative estimate of drug-likeness (QED) is 0.486. The SMILES string of the molecule is Cc1nc2c(Cc3ccccc3Cl)cc(C(=O)NS(=O)(=O)c3ccccc3)cc2[nH]1. The van der Waals surface area contributed by atoms with Crippen LogP contribution in [0.2, 0.25) is 5.02 Å². The summed E-state index contributed by atoms with van der Waals surface area (Å²) in [6, 6.07) is 18.4. The molecule has 3 aromatic carbocycles. The number of carbonyl (C=O) groups excluding carboxylic acids is 1. The minimum Gasteiger partial charge on any atom is -0.342 e. The standard InChI is InChI=1S/C22H18ClN3O3S/c1-14-24-20-13-17(22(27)26-30(28,29)18-8-3-2-4-9-18)12-16(21(20)25-14)11-15-7-5-6-10-19(15)23/h2-10,12-13H,11H2,1H3,(H,24,25)(H,26,27). The molecule has 0 saturated carbocycles. The van der Waals surface area contributed by atoms with Crippen LogP contribution in [0.25, 0.3) is 11.0 Å². The molecular weight excluding hydrogens is 422 g/mol. The Hall–Kier alpha value is -3.16. The zero-order chi connectivity index (χ0) is 21.3. The second-order valence-electron chi connectivity index (χ2n) is 6.87. The van der Waals surface area contributed by atoms with E-state index in [1.54, 1.807) is 36.4 Å². The largest absolute Gasteiger partial charge is 0.342 e. The highest BCUT2D eigenvalue weighted by Gasteiger charge is 2.20. The van der Waals surface area contributed by atoms with E-state index in [2.05, 4.69) is 14.7 Å². The van der Waals surface area contributed by atoms with Gasteiger partial charge in [-0.2, -0.15) is 0 Å². The maximum atomic E-state index is 12.8. The van der Waals surface area contributed by atoms with Gasteiger partial charge in [0, 0.05) is 17.0 Å². The van der Waals surface area contributed by atoms with E-state index in [1.807, 2.05) is 25.1 Å². The Morgan fingerprint density at radius 1 is 1.03 bits per heavy atom. The van der Waals surface area contributed by atoms with Crippen LogP contribution in [-0.2, 0) is 16.4 Å². The van der Waals surface area contributed by atoms with E-state index >= 15 is 0 Å². The molecule has 0 saturated heterocycles. The summed E-state index contributed by atoms with van der Waals surface area (Å²) in [5, 5.41) is 0.611. The molecule has 1 amide bonds. The van der Waals surface area contributed by atoms with Crippen LogP contribution in [0, 0.1) is 6.92 Å². The molecule has 0 aliphatic rings. The number of nitrogens with one attached hydrogen (secondary N) is 2. The van der Waals surface area contributed by atoms with Crippen molar-refractivity contribution >= 4 is 38.6 Å². The van der Waals surface area contributed by atoms with Crippen molar-refractivity contribution in [2.75, 3.05) is 0 Å². The molecule has 152 valence electrons. The lowest BCUT2D eigenvalue weighted by Crippen LogP contribution is -2.30. The lowest BCUT2D eigenvalue weighted by molar-refractivity contribution is 0.0981. The number of aromatic amines is 1. The maximum Gasteiger partial charge on any atom is 0.265 e. The number of H-pyrrole nitrogens is 1. The molecule has 2 N–H and O–H groups in total. The van der Waals surface area contributed by atoms with Crippen molar-refractivity contribution in [2.45, 2.75) is 18.2 Å². The summed E-state index contributed by atoms with van der Waals surface area (Å²) >= 11 is 6.30. The van der Waals surface area contributed by atoms with Crippen molar-refractivity contribution in [3.63, 3.8) is 0 Å². The molecule has 6 nitrogen and oxygen atoms in total. The molecule has 4 aromatic rings. The summed E-state index contributed by atoms with van der Waals surface area (Å²) in [4.78, 5) is 20.5. The van der Waals surface area contributed by atoms with Crippen LogP contribution in [0.4, 0.5) is 0 Å². The summed E-state index contributed by atoms with van der Waals surface area (Å²) < 4.78 is 27.2. The van der Waals surface area contributed by atoms with Crippen LogP contribution in [0.3, 0.4) is 0 Å². The number of carbonyl (C=O) groups is 1. The van der Waals surface area contributed by atoms with E-state index in [9.17, 15) is 13.2 Å². The van der Waals surface area contributed by atoms with Crippen LogP contribution >= 0.6 is 11.6 Å². The van der Waals surface area contributed by atoms with Crippen LogP contribution in [0.15, 0.2) is 71.6 Å². The summed E-state index contributed by atoms with van der Waals surface area (Å²) in [5.41, 5.74) is 3.24. The van der Waals surface area contributed by atoms with Crippen LogP contribution in [-0.4, -0.2) is 24.3 Å². The van der Waals surface area contributed by atoms with Gasteiger partial charge in [-0.1, -0.05) is 48.0 Å². The first-order valence-corrected chi connectivity index (χ1v) is 11.0. The normalized spacial score (nSPS) is 11.5. The third kappa shape index (κ3) is 4.08. The molecule has 0 aliphatic carbocycles. The highest BCUT2D eigenvalue weighted by molar-refractivity contribution is 7.90. The predicted octanol–water partition coefficient (Wildman–Crippen LogP) is 4.23. The van der Waals surface area contributed by atoms with E-state index in [4.69, 9.17) is 11.6 Å². The molecule has 0 spiro atoms. The number of benzene rings is 3. The first-order chi connectivity index (χ1) is 14.3. The number of sulfonamides is 1. The molecule has 0 bridgehead atoms. The summed E-state index contributed by atoms with van der Waals surface area (Å²) in [7, 11) is -3.98. The first kappa shape index (κ1) is 20.1. The number of halogens is 1. The first-order valence-electron chi connectivity index (χ1n) is 9.18. The maximum absolute atomic E-state index is 12.8. The molecule has 0 fully saturated rings. The number of fused-ring (bicyclic) bond motifs is 1. The Kier molecular flexibility index (Phi) is 5.32. The van der Waals surface area contributed by atoms with Gasteiger partial charge in [-0.25, -0.2) is 18.1 Å². The van der Waals surface area contributed by atoms with Gasteiger partial charge in [0.15, 0.2) is 0 Å². The van der Waals surface area contributed by atoms with Crippen LogP contribution in [0.5, 0.6) is 0 Å². The number of imidazole rings is 1. The van der Waals surface area contributed by atoms with Gasteiger partial charge in [0.05, 0.1) is 15.9 Å². The lowest BCUT2D eigenvalue weighted by Gasteiger charge is -2.10. The topological polar surface area (TPSA) is 91.9 Å². The molecule has 1 heterocycles. The van der Waals surface area contributed by atoms with Gasteiger partial charge in [-0.05, 0) is 48.4 Å². The number of aromatic nitrogens is 2. The van der Waals surface area contributed by atoms with Crippen LogP contribution < -0.4 is 4.72 Å². The van der Waals surface area contributed by atoms with E-state index in [-0.39, 0.29) is 10.5 Å². The average molecular weight is 440 g/mol. The number of hydrogen-bond donors (Lipinski definition) is 2. The van der Waals surface area contributed by atoms with Gasteiger partial charge in [-0.3, -0.25) is 4.79 Å². The lowest BCUT2D eigenvalue weighted by atomic mass is 10.0. The van der Waals surface area contributed by atoms with E-state index in [0.29, 0.717) is 22.8 Å². The van der Waals surface area contributed by atoms with Gasteiger partial charge >= 0.3 is 0 Å². The summed E-state index contributed by atoms with van der Waals surface area (Å²) in [6.07, 6.45) is 0.451. The molecule has 0 unspecified atom stereocenters. The molecule has 30 heavy (non-hydrogen) atoms. The average Bonchev–Trinajstić information content (AvgIpc) is 3.10. The van der Waals surface area contributed by atoms with Gasteiger partial charge in [0.1, 0.15) is 5.82 Å². The number of amides is 1. The van der Waals surface area contributed by atoms with Crippen molar-refractivity contribution in [3.05, 3.63) is 94.3 Å². The molecular formula is C22H18ClN3O3S. The molecule has 0 atom stereocenters. The fourth-order valence-corrected chi connectivity index (χ4v) is 4.46.